The Kier molecular flexibility index (Phi) is 4.05. The summed E-state index contributed by atoms with van der Waals surface area (Å²) in [6.45, 7) is 4.08. The average molecular weight is 345 g/mol. The molecule has 1 aliphatic rings. The summed E-state index contributed by atoms with van der Waals surface area (Å²) in [4.78, 5) is 37.4. The standard InChI is InChI=1S/C12H13BrN2O3S/c1-3-15(7-4-8(16)14-11(7)17)12(18)10-9(13)6(2)5-19-10/h5,7H,3-4H2,1-2H3,(H,14,16,17). The number of rotatable bonds is 3. The Morgan fingerprint density at radius 1 is 1.58 bits per heavy atom. The predicted molar refractivity (Wildman–Crippen MR) is 75.0 cm³/mol. The molecule has 1 fully saturated rings. The normalized spacial score (nSPS) is 18.6. The zero-order chi connectivity index (χ0) is 14.2. The van der Waals surface area contributed by atoms with Crippen molar-refractivity contribution in [2.45, 2.75) is 26.3 Å². The molecule has 102 valence electrons. The number of imide groups is 1. The van der Waals surface area contributed by atoms with Crippen LogP contribution < -0.4 is 5.32 Å². The van der Waals surface area contributed by atoms with E-state index in [0.29, 0.717) is 11.4 Å². The molecule has 7 heteroatoms. The maximum absolute atomic E-state index is 12.5. The van der Waals surface area contributed by atoms with Crippen molar-refractivity contribution in [3.8, 4) is 0 Å². The van der Waals surface area contributed by atoms with Gasteiger partial charge in [-0.25, -0.2) is 0 Å². The first kappa shape index (κ1) is 14.2. The quantitative estimate of drug-likeness (QED) is 0.848. The highest BCUT2D eigenvalue weighted by Crippen LogP contribution is 2.29. The number of nitrogens with one attached hydrogen (secondary N) is 1. The van der Waals surface area contributed by atoms with Gasteiger partial charge in [0.05, 0.1) is 6.42 Å². The van der Waals surface area contributed by atoms with E-state index in [-0.39, 0.29) is 18.2 Å². The minimum atomic E-state index is -0.695. The lowest BCUT2D eigenvalue weighted by atomic mass is 10.2. The highest BCUT2D eigenvalue weighted by Gasteiger charge is 2.38. The summed E-state index contributed by atoms with van der Waals surface area (Å²) in [7, 11) is 0. The number of amides is 3. The molecule has 1 saturated heterocycles. The molecule has 0 saturated carbocycles. The van der Waals surface area contributed by atoms with Gasteiger partial charge in [0.1, 0.15) is 10.9 Å². The van der Waals surface area contributed by atoms with Crippen molar-refractivity contribution in [3.05, 3.63) is 20.3 Å². The van der Waals surface area contributed by atoms with Crippen molar-refractivity contribution in [2.75, 3.05) is 6.54 Å². The average Bonchev–Trinajstić information content (AvgIpc) is 2.85. The molecule has 1 N–H and O–H groups in total. The largest absolute Gasteiger partial charge is 0.326 e. The van der Waals surface area contributed by atoms with Gasteiger partial charge in [-0.15, -0.1) is 11.3 Å². The number of hydrogen-bond acceptors (Lipinski definition) is 4. The molecule has 2 rings (SSSR count). The monoisotopic (exact) mass is 344 g/mol. The summed E-state index contributed by atoms with van der Waals surface area (Å²) >= 11 is 4.71. The fourth-order valence-electron chi connectivity index (χ4n) is 2.00. The zero-order valence-electron chi connectivity index (χ0n) is 10.5. The number of aryl methyl sites for hydroxylation is 1. The van der Waals surface area contributed by atoms with Crippen LogP contribution in [0.3, 0.4) is 0 Å². The van der Waals surface area contributed by atoms with Gasteiger partial charge in [-0.2, -0.15) is 0 Å². The fraction of sp³-hybridized carbons (Fsp3) is 0.417. The number of carbonyl (C=O) groups excluding carboxylic acids is 3. The summed E-state index contributed by atoms with van der Waals surface area (Å²) in [5, 5.41) is 4.11. The molecular weight excluding hydrogens is 332 g/mol. The van der Waals surface area contributed by atoms with Gasteiger partial charge in [0.2, 0.25) is 11.8 Å². The molecular formula is C12H13BrN2O3S. The predicted octanol–water partition coefficient (Wildman–Crippen LogP) is 1.70. The third-order valence-electron chi connectivity index (χ3n) is 3.02. The van der Waals surface area contributed by atoms with Gasteiger partial charge >= 0.3 is 0 Å². The Balaban J connectivity index is 2.27. The van der Waals surface area contributed by atoms with E-state index in [1.807, 2.05) is 12.3 Å². The minimum Gasteiger partial charge on any atom is -0.326 e. The Bertz CT molecular complexity index is 555. The first-order valence-electron chi connectivity index (χ1n) is 5.84. The van der Waals surface area contributed by atoms with Crippen LogP contribution in [0.4, 0.5) is 0 Å². The third kappa shape index (κ3) is 2.57. The maximum Gasteiger partial charge on any atom is 0.265 e. The second kappa shape index (κ2) is 5.42. The second-order valence-corrected chi connectivity index (χ2v) is 5.96. The van der Waals surface area contributed by atoms with Crippen LogP contribution in [0.25, 0.3) is 0 Å². The Hall–Kier alpha value is -1.21. The number of nitrogens with zero attached hydrogens (tertiary/aromatic N) is 1. The fourth-order valence-corrected chi connectivity index (χ4v) is 3.61. The molecule has 0 radical (unpaired) electrons. The highest BCUT2D eigenvalue weighted by atomic mass is 79.9. The van der Waals surface area contributed by atoms with Gasteiger partial charge in [-0.3, -0.25) is 19.7 Å². The molecule has 1 atom stereocenters. The molecule has 19 heavy (non-hydrogen) atoms. The lowest BCUT2D eigenvalue weighted by Gasteiger charge is -2.24. The van der Waals surface area contributed by atoms with Crippen molar-refractivity contribution in [1.82, 2.24) is 10.2 Å². The molecule has 0 aromatic carbocycles. The van der Waals surface area contributed by atoms with Gasteiger partial charge in [0.25, 0.3) is 5.91 Å². The van der Waals surface area contributed by atoms with E-state index in [4.69, 9.17) is 0 Å². The number of halogens is 1. The first-order chi connectivity index (χ1) is 8.95. The molecule has 1 aliphatic heterocycles. The van der Waals surface area contributed by atoms with Crippen molar-refractivity contribution < 1.29 is 14.4 Å². The molecule has 3 amide bonds. The Morgan fingerprint density at radius 3 is 2.68 bits per heavy atom. The van der Waals surface area contributed by atoms with E-state index in [0.717, 1.165) is 10.0 Å². The number of thiophene rings is 1. The third-order valence-corrected chi connectivity index (χ3v) is 5.39. The van der Waals surface area contributed by atoms with Crippen LogP contribution in [0, 0.1) is 6.92 Å². The second-order valence-electron chi connectivity index (χ2n) is 4.29. The lowest BCUT2D eigenvalue weighted by Crippen LogP contribution is -2.44. The van der Waals surface area contributed by atoms with E-state index in [1.165, 1.54) is 16.2 Å². The molecule has 0 spiro atoms. The molecule has 2 heterocycles. The van der Waals surface area contributed by atoms with Crippen LogP contribution >= 0.6 is 27.3 Å². The van der Waals surface area contributed by atoms with Gasteiger partial charge in [-0.05, 0) is 40.7 Å². The number of carbonyl (C=O) groups is 3. The van der Waals surface area contributed by atoms with Crippen LogP contribution in [0.15, 0.2) is 9.85 Å². The van der Waals surface area contributed by atoms with Gasteiger partial charge in [0.15, 0.2) is 0 Å². The highest BCUT2D eigenvalue weighted by molar-refractivity contribution is 9.10. The van der Waals surface area contributed by atoms with Crippen LogP contribution in [0.1, 0.15) is 28.6 Å². The molecule has 1 unspecified atom stereocenters. The number of hydrogen-bond donors (Lipinski definition) is 1. The minimum absolute atomic E-state index is 0.0421. The Morgan fingerprint density at radius 2 is 2.26 bits per heavy atom. The maximum atomic E-state index is 12.5. The SMILES string of the molecule is CCN(C(=O)c1scc(C)c1Br)C1CC(=O)NC1=O. The molecule has 0 bridgehead atoms. The van der Waals surface area contributed by atoms with Gasteiger partial charge in [-0.1, -0.05) is 0 Å². The summed E-state index contributed by atoms with van der Waals surface area (Å²) in [5.41, 5.74) is 0.983. The van der Waals surface area contributed by atoms with Crippen molar-refractivity contribution in [1.29, 1.82) is 0 Å². The van der Waals surface area contributed by atoms with E-state index in [1.54, 1.807) is 6.92 Å². The van der Waals surface area contributed by atoms with E-state index >= 15 is 0 Å². The van der Waals surface area contributed by atoms with Crippen molar-refractivity contribution in [2.24, 2.45) is 0 Å². The molecule has 1 aromatic rings. The Labute approximate surface area is 123 Å². The van der Waals surface area contributed by atoms with Crippen molar-refractivity contribution >= 4 is 45.0 Å². The van der Waals surface area contributed by atoms with Gasteiger partial charge < -0.3 is 4.90 Å². The first-order valence-corrected chi connectivity index (χ1v) is 7.51. The van der Waals surface area contributed by atoms with Gasteiger partial charge in [0, 0.05) is 11.0 Å². The zero-order valence-corrected chi connectivity index (χ0v) is 12.9. The van der Waals surface area contributed by atoms with Crippen LogP contribution in [-0.2, 0) is 9.59 Å². The summed E-state index contributed by atoms with van der Waals surface area (Å²) < 4.78 is 0.755. The van der Waals surface area contributed by atoms with Crippen molar-refractivity contribution in [3.63, 3.8) is 0 Å². The summed E-state index contributed by atoms with van der Waals surface area (Å²) in [6, 6.07) is -0.695. The number of likely N-dealkylation sites (N-methyl/N-ethyl adjacent to an activating group) is 1. The topological polar surface area (TPSA) is 66.5 Å². The summed E-state index contributed by atoms with van der Waals surface area (Å²) in [6.07, 6.45) is 0.0421. The lowest BCUT2D eigenvalue weighted by molar-refractivity contribution is -0.126. The van der Waals surface area contributed by atoms with Crippen LogP contribution in [0.5, 0.6) is 0 Å². The van der Waals surface area contributed by atoms with E-state index in [9.17, 15) is 14.4 Å². The van der Waals surface area contributed by atoms with Crippen LogP contribution in [-0.4, -0.2) is 35.2 Å². The molecule has 5 nitrogen and oxygen atoms in total. The summed E-state index contributed by atoms with van der Waals surface area (Å²) in [5.74, 6) is -0.949. The van der Waals surface area contributed by atoms with E-state index < -0.39 is 11.9 Å². The van der Waals surface area contributed by atoms with E-state index in [2.05, 4.69) is 21.2 Å². The molecule has 0 aliphatic carbocycles. The molecule has 1 aromatic heterocycles. The smallest absolute Gasteiger partial charge is 0.265 e. The van der Waals surface area contributed by atoms with Crippen LogP contribution in [0.2, 0.25) is 0 Å².